The van der Waals surface area contributed by atoms with E-state index in [2.05, 4.69) is 15.6 Å². The minimum absolute atomic E-state index is 0.0470. The van der Waals surface area contributed by atoms with Crippen LogP contribution in [0.1, 0.15) is 40.5 Å². The van der Waals surface area contributed by atoms with Gasteiger partial charge in [0.15, 0.2) is 5.13 Å². The van der Waals surface area contributed by atoms with Crippen molar-refractivity contribution in [2.45, 2.75) is 37.5 Å². The number of rotatable bonds is 8. The summed E-state index contributed by atoms with van der Waals surface area (Å²) >= 11 is 1.12. The number of para-hydroxylation sites is 1. The van der Waals surface area contributed by atoms with E-state index in [0.29, 0.717) is 18.4 Å². The van der Waals surface area contributed by atoms with Gasteiger partial charge in [-0.3, -0.25) is 10.1 Å². The van der Waals surface area contributed by atoms with Gasteiger partial charge >= 0.3 is 13.1 Å². The number of carboxylic acids is 1. The van der Waals surface area contributed by atoms with Crippen LogP contribution >= 0.6 is 11.3 Å². The Hall–Kier alpha value is -2.76. The number of carbonyl (C=O) groups excluding carboxylic acids is 1. The van der Waals surface area contributed by atoms with Crippen LogP contribution in [0.25, 0.3) is 0 Å². The summed E-state index contributed by atoms with van der Waals surface area (Å²) in [6.45, 7) is 0.512. The summed E-state index contributed by atoms with van der Waals surface area (Å²) in [6, 6.07) is 3.43. The van der Waals surface area contributed by atoms with Gasteiger partial charge in [-0.2, -0.15) is 0 Å². The molecular formula is C21H28BN5O8S2. The Balaban J connectivity index is 1.47. The van der Waals surface area contributed by atoms with Gasteiger partial charge in [0.25, 0.3) is 0 Å². The Kier molecular flexibility index (Phi) is 8.06. The number of amides is 1. The molecule has 4 rings (SSSR count). The number of hydrogen-bond donors (Lipinski definition) is 6. The van der Waals surface area contributed by atoms with Crippen LogP contribution < -0.4 is 21.0 Å². The number of fused-ring (bicyclic) bond motifs is 1. The molecule has 0 spiro atoms. The van der Waals surface area contributed by atoms with Crippen molar-refractivity contribution < 1.29 is 37.9 Å². The highest BCUT2D eigenvalue weighted by molar-refractivity contribution is 7.88. The van der Waals surface area contributed by atoms with Crippen LogP contribution in [-0.4, -0.2) is 83.5 Å². The van der Waals surface area contributed by atoms with E-state index in [4.69, 9.17) is 10.4 Å². The second kappa shape index (κ2) is 10.9. The molecule has 1 saturated heterocycles. The van der Waals surface area contributed by atoms with E-state index in [1.807, 2.05) is 0 Å². The fraction of sp³-hybridized carbons (Fsp3) is 0.476. The minimum Gasteiger partial charge on any atom is -0.534 e. The molecule has 2 unspecified atom stereocenters. The Morgan fingerprint density at radius 2 is 2.03 bits per heavy atom. The first-order valence-corrected chi connectivity index (χ1v) is 14.3. The van der Waals surface area contributed by atoms with Crippen molar-refractivity contribution in [1.82, 2.24) is 19.9 Å². The molecule has 13 nitrogen and oxygen atoms in total. The summed E-state index contributed by atoms with van der Waals surface area (Å²) in [5.41, 5.74) is 6.45. The van der Waals surface area contributed by atoms with Gasteiger partial charge in [0, 0.05) is 24.4 Å². The van der Waals surface area contributed by atoms with Gasteiger partial charge in [0.2, 0.25) is 15.9 Å². The number of nitrogens with zero attached hydrogens (tertiary/aromatic N) is 2. The first-order valence-electron chi connectivity index (χ1n) is 11.5. The molecule has 2 aliphatic rings. The van der Waals surface area contributed by atoms with Crippen LogP contribution in [0.4, 0.5) is 5.13 Å². The second-order valence-corrected chi connectivity index (χ2v) is 12.0. The van der Waals surface area contributed by atoms with Crippen molar-refractivity contribution >= 4 is 45.5 Å². The SMILES string of the molecule is CS(=O)(=O)N1CCC(C(O)NC(C(=O)N[C@H]2Cc3cccc(C(=O)O)c3OB2O)c2csc(N)n2)CC1. The van der Waals surface area contributed by atoms with Crippen molar-refractivity contribution in [1.29, 1.82) is 0 Å². The lowest BCUT2D eigenvalue weighted by molar-refractivity contribution is -0.125. The lowest BCUT2D eigenvalue weighted by Gasteiger charge is -2.34. The van der Waals surface area contributed by atoms with Crippen LogP contribution in [0.3, 0.4) is 0 Å². The number of benzene rings is 1. The summed E-state index contributed by atoms with van der Waals surface area (Å²) in [6.07, 6.45) is 0.896. The van der Waals surface area contributed by atoms with Gasteiger partial charge in [-0.15, -0.1) is 11.3 Å². The summed E-state index contributed by atoms with van der Waals surface area (Å²) in [7, 11) is -4.84. The summed E-state index contributed by atoms with van der Waals surface area (Å²) in [4.78, 5) is 29.0. The van der Waals surface area contributed by atoms with Crippen LogP contribution in [0.2, 0.25) is 0 Å². The largest absolute Gasteiger partial charge is 0.547 e. The zero-order chi connectivity index (χ0) is 26.9. The Labute approximate surface area is 217 Å². The number of thiazole rings is 1. The maximum Gasteiger partial charge on any atom is 0.547 e. The molecular weight excluding hydrogens is 525 g/mol. The fourth-order valence-electron chi connectivity index (χ4n) is 4.54. The monoisotopic (exact) mass is 553 g/mol. The first-order chi connectivity index (χ1) is 17.4. The molecule has 2 aromatic rings. The number of anilines is 1. The molecule has 2 aliphatic heterocycles. The first kappa shape index (κ1) is 27.3. The fourth-order valence-corrected chi connectivity index (χ4v) is 6.00. The highest BCUT2D eigenvalue weighted by atomic mass is 32.2. The topological polar surface area (TPSA) is 204 Å². The smallest absolute Gasteiger partial charge is 0.534 e. The number of aromatic carboxylic acids is 1. The zero-order valence-electron chi connectivity index (χ0n) is 19.9. The van der Waals surface area contributed by atoms with Gasteiger partial charge in [-0.05, 0) is 30.9 Å². The third kappa shape index (κ3) is 6.22. The molecule has 0 bridgehead atoms. The van der Waals surface area contributed by atoms with E-state index in [1.165, 1.54) is 10.4 Å². The third-order valence-corrected chi connectivity index (χ3v) is 8.52. The Bertz CT molecular complexity index is 1270. The number of carboxylic acid groups (broad SMARTS) is 1. The molecule has 1 aromatic heterocycles. The quantitative estimate of drug-likeness (QED) is 0.176. The van der Waals surface area contributed by atoms with Crippen molar-refractivity contribution in [2.24, 2.45) is 5.92 Å². The van der Waals surface area contributed by atoms with E-state index >= 15 is 0 Å². The highest BCUT2D eigenvalue weighted by Gasteiger charge is 2.40. The maximum atomic E-state index is 13.3. The predicted octanol–water partition coefficient (Wildman–Crippen LogP) is -0.816. The second-order valence-electron chi connectivity index (χ2n) is 9.08. The van der Waals surface area contributed by atoms with Gasteiger partial charge in [0.1, 0.15) is 18.0 Å². The maximum absolute atomic E-state index is 13.3. The van der Waals surface area contributed by atoms with E-state index in [-0.39, 0.29) is 47.6 Å². The van der Waals surface area contributed by atoms with Crippen molar-refractivity contribution in [2.75, 3.05) is 25.1 Å². The predicted molar refractivity (Wildman–Crippen MR) is 135 cm³/mol. The summed E-state index contributed by atoms with van der Waals surface area (Å²) < 4.78 is 30.3. The van der Waals surface area contributed by atoms with Crippen molar-refractivity contribution in [3.63, 3.8) is 0 Å². The van der Waals surface area contributed by atoms with E-state index in [1.54, 1.807) is 17.5 Å². The number of aliphatic hydroxyl groups is 1. The molecule has 0 radical (unpaired) electrons. The van der Waals surface area contributed by atoms with Gasteiger partial charge < -0.3 is 30.9 Å². The molecule has 7 N–H and O–H groups in total. The van der Waals surface area contributed by atoms with Crippen molar-refractivity contribution in [3.8, 4) is 5.75 Å². The average molecular weight is 553 g/mol. The molecule has 1 aromatic carbocycles. The van der Waals surface area contributed by atoms with E-state index in [9.17, 15) is 33.2 Å². The number of piperidine rings is 1. The molecule has 0 saturated carbocycles. The molecule has 0 aliphatic carbocycles. The molecule has 3 atom stereocenters. The number of nitrogen functional groups attached to an aromatic ring is 1. The summed E-state index contributed by atoms with van der Waals surface area (Å²) in [5, 5.41) is 38.2. The van der Waals surface area contributed by atoms with E-state index in [0.717, 1.165) is 17.6 Å². The third-order valence-electron chi connectivity index (χ3n) is 6.53. The minimum atomic E-state index is -3.33. The lowest BCUT2D eigenvalue weighted by Crippen LogP contribution is -2.56. The molecule has 3 heterocycles. The van der Waals surface area contributed by atoms with Crippen molar-refractivity contribution in [3.05, 3.63) is 40.4 Å². The number of sulfonamides is 1. The Morgan fingerprint density at radius 3 is 2.62 bits per heavy atom. The molecule has 37 heavy (non-hydrogen) atoms. The van der Waals surface area contributed by atoms with Gasteiger partial charge in [-0.25, -0.2) is 22.5 Å². The number of hydrogen-bond acceptors (Lipinski definition) is 11. The lowest BCUT2D eigenvalue weighted by atomic mass is 9.72. The highest BCUT2D eigenvalue weighted by Crippen LogP contribution is 2.31. The normalized spacial score (nSPS) is 20.5. The number of aromatic nitrogens is 1. The molecule has 1 fully saturated rings. The summed E-state index contributed by atoms with van der Waals surface area (Å²) in [5.74, 6) is -2.98. The number of nitrogens with two attached hydrogens (primary N) is 1. The zero-order valence-corrected chi connectivity index (χ0v) is 21.5. The van der Waals surface area contributed by atoms with Crippen LogP contribution in [0.5, 0.6) is 5.75 Å². The van der Waals surface area contributed by atoms with Gasteiger partial charge in [0.05, 0.1) is 23.5 Å². The average Bonchev–Trinajstić information content (AvgIpc) is 3.27. The molecule has 16 heteroatoms. The van der Waals surface area contributed by atoms with Crippen LogP contribution in [0, 0.1) is 5.92 Å². The number of carbonyl (C=O) groups is 2. The van der Waals surface area contributed by atoms with E-state index < -0.39 is 47.2 Å². The van der Waals surface area contributed by atoms with Gasteiger partial charge in [-0.1, -0.05) is 12.1 Å². The number of aliphatic hydroxyl groups excluding tert-OH is 1. The van der Waals surface area contributed by atoms with Crippen LogP contribution in [0.15, 0.2) is 23.6 Å². The molecule has 1 amide bonds. The standard InChI is InChI=1S/C21H28BN5O8S2/c1-37(33,34)27-7-5-11(6-8-27)18(28)26-16(14-10-36-21(23)24-14)19(29)25-15-9-12-3-2-4-13(20(30)31)17(12)35-22(15)32/h2-4,10-11,15-16,18,26,28,32H,5-9H2,1H3,(H2,23,24)(H,25,29)(H,30,31)/t15-,16?,18?/m0/s1. The molecule has 200 valence electrons. The Morgan fingerprint density at radius 1 is 1.32 bits per heavy atom. The van der Waals surface area contributed by atoms with Crippen LogP contribution in [-0.2, 0) is 21.2 Å². The number of nitrogens with one attached hydrogen (secondary N) is 2.